The minimum absolute atomic E-state index is 0.146. The van der Waals surface area contributed by atoms with Crippen LogP contribution in [0.2, 0.25) is 0 Å². The first-order valence-corrected chi connectivity index (χ1v) is 7.92. The van der Waals surface area contributed by atoms with Crippen LogP contribution < -0.4 is 10.1 Å². The zero-order valence-corrected chi connectivity index (χ0v) is 15.1. The Labute approximate surface area is 141 Å². The van der Waals surface area contributed by atoms with Crippen molar-refractivity contribution in [2.75, 3.05) is 12.4 Å². The fourth-order valence-corrected chi connectivity index (χ4v) is 3.33. The highest BCUT2D eigenvalue weighted by molar-refractivity contribution is 9.10. The maximum absolute atomic E-state index is 12.4. The maximum Gasteiger partial charge on any atom is 0.255 e. The first kappa shape index (κ1) is 16.0. The molecule has 1 N–H and O–H groups in total. The molecule has 2 aromatic carbocycles. The number of hydrogen-bond donors (Lipinski definition) is 1. The number of ether oxygens (including phenoxy) is 1. The summed E-state index contributed by atoms with van der Waals surface area (Å²) < 4.78 is 6.92. The lowest BCUT2D eigenvalue weighted by atomic mass is 10.1. The summed E-state index contributed by atoms with van der Waals surface area (Å²) in [5.74, 6) is 0.550. The molecule has 0 saturated carbocycles. The van der Waals surface area contributed by atoms with Crippen LogP contribution in [0.25, 0.3) is 0 Å². The molecule has 0 spiro atoms. The molecule has 0 unspecified atom stereocenters. The van der Waals surface area contributed by atoms with Gasteiger partial charge in [0, 0.05) is 15.7 Å². The van der Waals surface area contributed by atoms with E-state index >= 15 is 0 Å². The Bertz CT molecular complexity index is 676. The number of halogens is 2. The van der Waals surface area contributed by atoms with Crippen molar-refractivity contribution in [2.24, 2.45) is 0 Å². The third-order valence-electron chi connectivity index (χ3n) is 3.15. The van der Waals surface area contributed by atoms with Gasteiger partial charge in [0.05, 0.1) is 11.6 Å². The van der Waals surface area contributed by atoms with Gasteiger partial charge in [-0.2, -0.15) is 0 Å². The zero-order chi connectivity index (χ0) is 15.6. The largest absolute Gasteiger partial charge is 0.496 e. The normalized spacial score (nSPS) is 10.3. The standard InChI is InChI=1S/C16H15Br2NO2/c1-9-6-12(17)7-10(2)15(9)19-16(20)11-4-5-14(21-3)13(18)8-11/h4-8H,1-3H3,(H,19,20). The molecule has 0 fully saturated rings. The van der Waals surface area contributed by atoms with Crippen molar-refractivity contribution in [1.82, 2.24) is 0 Å². The molecule has 0 saturated heterocycles. The summed E-state index contributed by atoms with van der Waals surface area (Å²) in [6, 6.07) is 9.21. The van der Waals surface area contributed by atoms with E-state index in [9.17, 15) is 4.79 Å². The molecule has 21 heavy (non-hydrogen) atoms. The Morgan fingerprint density at radius 2 is 1.71 bits per heavy atom. The van der Waals surface area contributed by atoms with Gasteiger partial charge in [0.1, 0.15) is 5.75 Å². The molecular weight excluding hydrogens is 398 g/mol. The van der Waals surface area contributed by atoms with Gasteiger partial charge < -0.3 is 10.1 Å². The number of rotatable bonds is 3. The van der Waals surface area contributed by atoms with E-state index in [2.05, 4.69) is 37.2 Å². The number of carbonyl (C=O) groups is 1. The van der Waals surface area contributed by atoms with Gasteiger partial charge in [-0.3, -0.25) is 4.79 Å². The van der Waals surface area contributed by atoms with Gasteiger partial charge in [-0.05, 0) is 71.2 Å². The lowest BCUT2D eigenvalue weighted by molar-refractivity contribution is 0.102. The predicted octanol–water partition coefficient (Wildman–Crippen LogP) is 5.09. The Hall–Kier alpha value is -1.33. The third-order valence-corrected chi connectivity index (χ3v) is 4.23. The predicted molar refractivity (Wildman–Crippen MR) is 92.3 cm³/mol. The minimum Gasteiger partial charge on any atom is -0.496 e. The molecule has 0 aliphatic rings. The third kappa shape index (κ3) is 3.66. The molecule has 0 aromatic heterocycles. The second kappa shape index (κ2) is 6.62. The average Bonchev–Trinajstić information content (AvgIpc) is 2.42. The van der Waals surface area contributed by atoms with Crippen molar-refractivity contribution in [3.05, 3.63) is 56.0 Å². The van der Waals surface area contributed by atoms with Crippen molar-refractivity contribution in [3.8, 4) is 5.75 Å². The van der Waals surface area contributed by atoms with Crippen molar-refractivity contribution in [2.45, 2.75) is 13.8 Å². The number of hydrogen-bond acceptors (Lipinski definition) is 2. The Kier molecular flexibility index (Phi) is 5.06. The fourth-order valence-electron chi connectivity index (χ4n) is 2.10. The van der Waals surface area contributed by atoms with Crippen LogP contribution in [0.1, 0.15) is 21.5 Å². The molecule has 0 bridgehead atoms. The lowest BCUT2D eigenvalue weighted by Gasteiger charge is -2.13. The van der Waals surface area contributed by atoms with Gasteiger partial charge in [0.2, 0.25) is 0 Å². The van der Waals surface area contributed by atoms with Crippen LogP contribution in [-0.2, 0) is 0 Å². The topological polar surface area (TPSA) is 38.3 Å². The van der Waals surface area contributed by atoms with Gasteiger partial charge in [-0.1, -0.05) is 15.9 Å². The van der Waals surface area contributed by atoms with Crippen molar-refractivity contribution >= 4 is 43.5 Å². The second-order valence-electron chi connectivity index (χ2n) is 4.72. The van der Waals surface area contributed by atoms with E-state index in [0.717, 1.165) is 25.8 Å². The monoisotopic (exact) mass is 411 g/mol. The summed E-state index contributed by atoms with van der Waals surface area (Å²) in [4.78, 5) is 12.4. The molecule has 0 radical (unpaired) electrons. The first-order chi connectivity index (χ1) is 9.92. The van der Waals surface area contributed by atoms with Crippen LogP contribution in [0.5, 0.6) is 5.75 Å². The van der Waals surface area contributed by atoms with Crippen LogP contribution in [0, 0.1) is 13.8 Å². The Balaban J connectivity index is 2.28. The number of methoxy groups -OCH3 is 1. The maximum atomic E-state index is 12.4. The van der Waals surface area contributed by atoms with Crippen LogP contribution in [-0.4, -0.2) is 13.0 Å². The average molecular weight is 413 g/mol. The number of nitrogens with one attached hydrogen (secondary N) is 1. The lowest BCUT2D eigenvalue weighted by Crippen LogP contribution is -2.14. The second-order valence-corrected chi connectivity index (χ2v) is 6.49. The van der Waals surface area contributed by atoms with E-state index in [4.69, 9.17) is 4.74 Å². The summed E-state index contributed by atoms with van der Waals surface area (Å²) >= 11 is 6.84. The summed E-state index contributed by atoms with van der Waals surface area (Å²) in [6.07, 6.45) is 0. The molecule has 3 nitrogen and oxygen atoms in total. The fraction of sp³-hybridized carbons (Fsp3) is 0.188. The van der Waals surface area contributed by atoms with Crippen LogP contribution in [0.3, 0.4) is 0 Å². The Morgan fingerprint density at radius 3 is 2.24 bits per heavy atom. The minimum atomic E-state index is -0.146. The molecule has 5 heteroatoms. The molecular formula is C16H15Br2NO2. The molecule has 0 atom stereocenters. The zero-order valence-electron chi connectivity index (χ0n) is 12.0. The number of benzene rings is 2. The first-order valence-electron chi connectivity index (χ1n) is 6.34. The quantitative estimate of drug-likeness (QED) is 0.762. The number of aryl methyl sites for hydroxylation is 2. The van der Waals surface area contributed by atoms with Gasteiger partial charge in [0.15, 0.2) is 0 Å². The van der Waals surface area contributed by atoms with Crippen LogP contribution in [0.4, 0.5) is 5.69 Å². The van der Waals surface area contributed by atoms with Crippen molar-refractivity contribution in [3.63, 3.8) is 0 Å². The van der Waals surface area contributed by atoms with E-state index in [-0.39, 0.29) is 5.91 Å². The van der Waals surface area contributed by atoms with E-state index in [1.54, 1.807) is 25.3 Å². The summed E-state index contributed by atoms with van der Waals surface area (Å²) in [7, 11) is 1.59. The van der Waals surface area contributed by atoms with Crippen molar-refractivity contribution < 1.29 is 9.53 Å². The highest BCUT2D eigenvalue weighted by Gasteiger charge is 2.12. The smallest absolute Gasteiger partial charge is 0.255 e. The molecule has 0 heterocycles. The van der Waals surface area contributed by atoms with Crippen LogP contribution >= 0.6 is 31.9 Å². The highest BCUT2D eigenvalue weighted by Crippen LogP contribution is 2.28. The van der Waals surface area contributed by atoms with E-state index in [1.807, 2.05) is 26.0 Å². The van der Waals surface area contributed by atoms with E-state index < -0.39 is 0 Å². The number of carbonyl (C=O) groups excluding carboxylic acids is 1. The number of anilines is 1. The van der Waals surface area contributed by atoms with Gasteiger partial charge in [-0.25, -0.2) is 0 Å². The summed E-state index contributed by atoms with van der Waals surface area (Å²) in [5, 5.41) is 2.97. The van der Waals surface area contributed by atoms with Crippen LogP contribution in [0.15, 0.2) is 39.3 Å². The Morgan fingerprint density at radius 1 is 1.10 bits per heavy atom. The van der Waals surface area contributed by atoms with Gasteiger partial charge >= 0.3 is 0 Å². The van der Waals surface area contributed by atoms with E-state index in [0.29, 0.717) is 11.3 Å². The summed E-state index contributed by atoms with van der Waals surface area (Å²) in [5.41, 5.74) is 3.45. The van der Waals surface area contributed by atoms with Gasteiger partial charge in [0.25, 0.3) is 5.91 Å². The molecule has 0 aliphatic carbocycles. The molecule has 2 aromatic rings. The SMILES string of the molecule is COc1ccc(C(=O)Nc2c(C)cc(Br)cc2C)cc1Br. The molecule has 1 amide bonds. The summed E-state index contributed by atoms with van der Waals surface area (Å²) in [6.45, 7) is 3.94. The molecule has 110 valence electrons. The number of amides is 1. The van der Waals surface area contributed by atoms with Crippen molar-refractivity contribution in [1.29, 1.82) is 0 Å². The molecule has 0 aliphatic heterocycles. The van der Waals surface area contributed by atoms with Gasteiger partial charge in [-0.15, -0.1) is 0 Å². The van der Waals surface area contributed by atoms with E-state index in [1.165, 1.54) is 0 Å². The highest BCUT2D eigenvalue weighted by atomic mass is 79.9. The molecule has 2 rings (SSSR count).